The maximum atomic E-state index is 12.6. The van der Waals surface area contributed by atoms with Gasteiger partial charge in [0.1, 0.15) is 18.1 Å². The van der Waals surface area contributed by atoms with Crippen LogP contribution in [0.1, 0.15) is 85.5 Å². The molecule has 0 spiro atoms. The van der Waals surface area contributed by atoms with Gasteiger partial charge in [0.15, 0.2) is 12.1 Å². The van der Waals surface area contributed by atoms with E-state index in [9.17, 15) is 60.7 Å². The number of esters is 1. The number of carbonyl (C=O) groups excluding carboxylic acids is 1. The lowest BCUT2D eigenvalue weighted by Crippen LogP contribution is -2.61. The Morgan fingerprint density at radius 1 is 0.672 bits per heavy atom. The Balaban J connectivity index is 1.85. The van der Waals surface area contributed by atoms with Crippen LogP contribution in [0.3, 0.4) is 0 Å². The van der Waals surface area contributed by atoms with Gasteiger partial charge >= 0.3 is 11.9 Å². The first-order valence-corrected chi connectivity index (χ1v) is 22.2. The Hall–Kier alpha value is -3.40. The number of ether oxygens (including phenoxy) is 4. The Labute approximate surface area is 376 Å². The fourth-order valence-corrected chi connectivity index (χ4v) is 7.98. The van der Waals surface area contributed by atoms with Crippen LogP contribution < -0.4 is 5.73 Å². The molecular formula is C47H73NO16. The summed E-state index contributed by atoms with van der Waals surface area (Å²) in [6.45, 7) is 7.36. The fraction of sp³-hybridized carbons (Fsp3) is 0.660. The predicted molar refractivity (Wildman–Crippen MR) is 236 cm³/mol. The number of hydrogen-bond donors (Lipinski definition) is 11. The van der Waals surface area contributed by atoms with E-state index in [1.165, 1.54) is 13.0 Å². The van der Waals surface area contributed by atoms with Crippen LogP contribution in [-0.4, -0.2) is 154 Å². The molecule has 3 aliphatic heterocycles. The number of rotatable bonds is 3. The molecule has 0 aromatic heterocycles. The average molecular weight is 908 g/mol. The van der Waals surface area contributed by atoms with Crippen molar-refractivity contribution in [2.24, 2.45) is 23.5 Å². The van der Waals surface area contributed by atoms with Gasteiger partial charge in [-0.3, -0.25) is 9.59 Å². The lowest BCUT2D eigenvalue weighted by Gasteiger charge is -2.45. The summed E-state index contributed by atoms with van der Waals surface area (Å²) >= 11 is 0. The molecule has 0 radical (unpaired) electrons. The summed E-state index contributed by atoms with van der Waals surface area (Å²) in [6, 6.07) is -1.14. The van der Waals surface area contributed by atoms with Crippen LogP contribution in [-0.2, 0) is 28.5 Å². The Morgan fingerprint density at radius 2 is 1.25 bits per heavy atom. The largest absolute Gasteiger partial charge is 0.481 e. The molecule has 2 fully saturated rings. The van der Waals surface area contributed by atoms with E-state index in [0.29, 0.717) is 0 Å². The van der Waals surface area contributed by atoms with E-state index < -0.39 is 128 Å². The molecule has 17 nitrogen and oxygen atoms in total. The van der Waals surface area contributed by atoms with E-state index >= 15 is 0 Å². The van der Waals surface area contributed by atoms with Crippen molar-refractivity contribution in [2.45, 2.75) is 177 Å². The van der Waals surface area contributed by atoms with Crippen molar-refractivity contribution in [1.29, 1.82) is 0 Å². The topological polar surface area (TPSA) is 299 Å². The summed E-state index contributed by atoms with van der Waals surface area (Å²) in [5.74, 6) is -5.73. The van der Waals surface area contributed by atoms with Crippen molar-refractivity contribution >= 4 is 11.9 Å². The number of carboxylic acid groups (broad SMARTS) is 1. The first-order chi connectivity index (χ1) is 30.2. The molecule has 17 heteroatoms. The summed E-state index contributed by atoms with van der Waals surface area (Å²) in [4.78, 5) is 25.1. The number of fused-ring (bicyclic) bond motifs is 2. The number of carboxylic acids is 1. The molecular weight excluding hydrogens is 835 g/mol. The van der Waals surface area contributed by atoms with Crippen molar-refractivity contribution in [3.63, 3.8) is 0 Å². The fourth-order valence-electron chi connectivity index (χ4n) is 7.98. The molecule has 0 amide bonds. The van der Waals surface area contributed by atoms with E-state index in [4.69, 9.17) is 24.7 Å². The van der Waals surface area contributed by atoms with Crippen molar-refractivity contribution in [3.8, 4) is 0 Å². The Kier molecular flexibility index (Phi) is 23.4. The molecule has 18 atom stereocenters. The molecule has 3 rings (SSSR count). The maximum Gasteiger partial charge on any atom is 0.311 e. The minimum Gasteiger partial charge on any atom is -0.481 e. The average Bonchev–Trinajstić information content (AvgIpc) is 3.19. The zero-order chi connectivity index (χ0) is 47.6. The van der Waals surface area contributed by atoms with Crippen LogP contribution in [0.25, 0.3) is 0 Å². The number of aliphatic carboxylic acids is 1. The maximum absolute atomic E-state index is 12.6. The van der Waals surface area contributed by atoms with Gasteiger partial charge < -0.3 is 75.7 Å². The van der Waals surface area contributed by atoms with Crippen LogP contribution in [0, 0.1) is 17.8 Å². The van der Waals surface area contributed by atoms with Crippen LogP contribution >= 0.6 is 0 Å². The summed E-state index contributed by atoms with van der Waals surface area (Å²) in [6.07, 6.45) is 6.70. The zero-order valence-corrected chi connectivity index (χ0v) is 37.3. The molecule has 362 valence electrons. The van der Waals surface area contributed by atoms with Gasteiger partial charge in [-0.25, -0.2) is 0 Å². The number of nitrogens with two attached hydrogens (primary N) is 1. The molecule has 64 heavy (non-hydrogen) atoms. The summed E-state index contributed by atoms with van der Waals surface area (Å²) < 4.78 is 23.3. The quantitative estimate of drug-likeness (QED) is 0.180. The predicted octanol–water partition coefficient (Wildman–Crippen LogP) is 1.74. The van der Waals surface area contributed by atoms with Crippen LogP contribution in [0.5, 0.6) is 0 Å². The summed E-state index contributed by atoms with van der Waals surface area (Å²) in [7, 11) is 0. The second-order valence-electron chi connectivity index (χ2n) is 17.5. The van der Waals surface area contributed by atoms with Gasteiger partial charge in [-0.2, -0.15) is 0 Å². The van der Waals surface area contributed by atoms with Gasteiger partial charge in [-0.05, 0) is 51.4 Å². The molecule has 3 aliphatic rings. The third-order valence-corrected chi connectivity index (χ3v) is 11.8. The second kappa shape index (κ2) is 27.3. The highest BCUT2D eigenvalue weighted by molar-refractivity contribution is 5.71. The van der Waals surface area contributed by atoms with Crippen molar-refractivity contribution in [1.82, 2.24) is 0 Å². The standard InChI is InChI=1S/C47H73NO16/c1-28-17-15-13-11-9-7-5-6-8-10-12-14-16-18-35(63-46-44(57)42(48)43(56)31(4)62-46)25-39-41(45(58)59)38(54)27-47(60,64-39)26-34(51)23-37(53)36(52)20-19-32(49)22-33(50)24-40(55)61-30(3)29(2)21-28/h5-18,28-39,41-44,46,49-54,56-57,60H,19-27,48H2,1-4H3,(H,58,59)/b6-5+,9-7+,10-8+,13-11+,14-12+,17-15+,18-16+/t28-,29+,30-,31+,32+,33+,34-,35-,36+,37+,38-,39-,41+,42-,43+,44-,46-,47+/m0/s1. The zero-order valence-electron chi connectivity index (χ0n) is 37.3. The minimum atomic E-state index is -2.31. The molecule has 0 unspecified atom stereocenters. The van der Waals surface area contributed by atoms with E-state index in [2.05, 4.69) is 13.0 Å². The van der Waals surface area contributed by atoms with Crippen molar-refractivity contribution in [3.05, 3.63) is 85.1 Å². The van der Waals surface area contributed by atoms with Crippen LogP contribution in [0.4, 0.5) is 0 Å². The second-order valence-corrected chi connectivity index (χ2v) is 17.5. The highest BCUT2D eigenvalue weighted by Crippen LogP contribution is 2.38. The minimum absolute atomic E-state index is 0.0242. The normalized spacial score (nSPS) is 44.8. The first-order valence-electron chi connectivity index (χ1n) is 22.2. The Bertz CT molecular complexity index is 1630. The van der Waals surface area contributed by atoms with Crippen LogP contribution in [0.2, 0.25) is 0 Å². The number of hydrogen-bond acceptors (Lipinski definition) is 16. The lowest BCUT2D eigenvalue weighted by atomic mass is 9.82. The number of aliphatic hydroxyl groups excluding tert-OH is 8. The van der Waals surface area contributed by atoms with Gasteiger partial charge in [0, 0.05) is 25.7 Å². The van der Waals surface area contributed by atoms with Gasteiger partial charge in [0.25, 0.3) is 0 Å². The molecule has 0 saturated carbocycles. The molecule has 0 aromatic rings. The SMILES string of the molecule is C[C@@H]1C[C@@H](C)/C=C/C=C/C=C/C=C/C=C/C=C/C=C/[C@H](O[C@@H]2O[C@H](C)[C@@H](O)[C@H](N)[C@@H]2O)C[C@@H]2O[C@](O)(C[C@@H](O)C[C@@H](O)[C@H](O)CC[C@@H](O)C[C@@H](O)CC(=O)O[C@H]1C)C[C@H](O)[C@H]2C(=O)O. The highest BCUT2D eigenvalue weighted by Gasteiger charge is 2.51. The first kappa shape index (κ1) is 54.9. The number of cyclic esters (lactones) is 1. The van der Waals surface area contributed by atoms with Gasteiger partial charge in [-0.15, -0.1) is 0 Å². The lowest BCUT2D eigenvalue weighted by molar-refractivity contribution is -0.308. The van der Waals surface area contributed by atoms with E-state index in [1.54, 1.807) is 37.3 Å². The summed E-state index contributed by atoms with van der Waals surface area (Å²) in [5.41, 5.74) is 6.02. The number of carbonyl (C=O) groups is 2. The number of aliphatic hydroxyl groups is 9. The van der Waals surface area contributed by atoms with Crippen LogP contribution in [0.15, 0.2) is 85.1 Å². The highest BCUT2D eigenvalue weighted by atomic mass is 16.7. The third kappa shape index (κ3) is 18.8. The molecule has 12 N–H and O–H groups in total. The van der Waals surface area contributed by atoms with E-state index in [1.807, 2.05) is 49.5 Å². The van der Waals surface area contributed by atoms with E-state index in [0.717, 1.165) is 6.42 Å². The summed E-state index contributed by atoms with van der Waals surface area (Å²) in [5, 5.41) is 107. The molecule has 0 aliphatic carbocycles. The molecule has 0 aromatic carbocycles. The molecule has 3 heterocycles. The van der Waals surface area contributed by atoms with Gasteiger partial charge in [-0.1, -0.05) is 98.9 Å². The molecule has 2 saturated heterocycles. The van der Waals surface area contributed by atoms with Gasteiger partial charge in [0.05, 0.1) is 73.5 Å². The number of allylic oxidation sites excluding steroid dienone is 13. The van der Waals surface area contributed by atoms with E-state index in [-0.39, 0.29) is 43.9 Å². The van der Waals surface area contributed by atoms with Crippen molar-refractivity contribution < 1.29 is 79.6 Å². The smallest absolute Gasteiger partial charge is 0.311 e. The molecule has 2 bridgehead atoms. The van der Waals surface area contributed by atoms with Gasteiger partial charge in [0.2, 0.25) is 0 Å². The Morgan fingerprint density at radius 3 is 1.84 bits per heavy atom. The van der Waals surface area contributed by atoms with Crippen molar-refractivity contribution in [2.75, 3.05) is 0 Å². The third-order valence-electron chi connectivity index (χ3n) is 11.8. The monoisotopic (exact) mass is 907 g/mol.